The minimum atomic E-state index is -3.87. The van der Waals surface area contributed by atoms with Crippen LogP contribution in [-0.4, -0.2) is 30.1 Å². The predicted octanol–water partition coefficient (Wildman–Crippen LogP) is 2.43. The van der Waals surface area contributed by atoms with E-state index in [0.717, 1.165) is 18.4 Å². The summed E-state index contributed by atoms with van der Waals surface area (Å²) in [5.74, 6) is -0.640. The SMILES string of the molecule is Cc1oc2ncn(C)c(=O)c2c1C(=O)Nc1ccc(S(C)(=O)=O)c(C(F)F)c1. The van der Waals surface area contributed by atoms with Gasteiger partial charge in [0.05, 0.1) is 10.5 Å². The third-order valence-corrected chi connectivity index (χ3v) is 5.25. The highest BCUT2D eigenvalue weighted by Crippen LogP contribution is 2.30. The Labute approximate surface area is 157 Å². The van der Waals surface area contributed by atoms with E-state index in [1.807, 2.05) is 0 Å². The molecule has 1 amide bonds. The standard InChI is InChI=1S/C17H15F2N3O5S/c1-8-12(13-16(27-8)20-7-22(2)17(13)24)15(23)21-9-4-5-11(28(3,25)26)10(6-9)14(18)19/h4-7,14H,1-3H3,(H,21,23). The number of hydrogen-bond donors (Lipinski definition) is 1. The van der Waals surface area contributed by atoms with Crippen molar-refractivity contribution in [1.82, 2.24) is 9.55 Å². The van der Waals surface area contributed by atoms with E-state index in [1.54, 1.807) is 0 Å². The van der Waals surface area contributed by atoms with Crippen LogP contribution < -0.4 is 10.9 Å². The molecule has 2 heterocycles. The van der Waals surface area contributed by atoms with Crippen LogP contribution in [0.25, 0.3) is 11.1 Å². The largest absolute Gasteiger partial charge is 0.442 e. The molecule has 3 rings (SSSR count). The Morgan fingerprint density at radius 1 is 1.32 bits per heavy atom. The van der Waals surface area contributed by atoms with Crippen LogP contribution in [0.5, 0.6) is 0 Å². The zero-order valence-electron chi connectivity index (χ0n) is 15.0. The minimum Gasteiger partial charge on any atom is -0.442 e. The first-order valence-electron chi connectivity index (χ1n) is 7.89. The third-order valence-electron chi connectivity index (χ3n) is 4.08. The molecule has 11 heteroatoms. The lowest BCUT2D eigenvalue weighted by Gasteiger charge is -2.11. The summed E-state index contributed by atoms with van der Waals surface area (Å²) in [4.78, 5) is 28.4. The second-order valence-corrected chi connectivity index (χ2v) is 8.14. The molecule has 0 saturated carbocycles. The molecule has 148 valence electrons. The molecule has 0 bridgehead atoms. The molecule has 0 spiro atoms. The number of carbonyl (C=O) groups is 1. The second kappa shape index (κ2) is 6.82. The Hall–Kier alpha value is -3.08. The van der Waals surface area contributed by atoms with Crippen molar-refractivity contribution in [2.24, 2.45) is 7.05 Å². The molecule has 0 aliphatic heterocycles. The molecular weight excluding hydrogens is 396 g/mol. The van der Waals surface area contributed by atoms with E-state index < -0.39 is 38.2 Å². The Kier molecular flexibility index (Phi) is 4.79. The van der Waals surface area contributed by atoms with Crippen molar-refractivity contribution in [3.63, 3.8) is 0 Å². The van der Waals surface area contributed by atoms with E-state index in [0.29, 0.717) is 0 Å². The summed E-state index contributed by atoms with van der Waals surface area (Å²) in [5.41, 5.74) is -1.39. The van der Waals surface area contributed by atoms with Crippen LogP contribution >= 0.6 is 0 Å². The lowest BCUT2D eigenvalue weighted by Crippen LogP contribution is -2.20. The van der Waals surface area contributed by atoms with Gasteiger partial charge in [-0.3, -0.25) is 9.59 Å². The van der Waals surface area contributed by atoms with Crippen LogP contribution in [0.3, 0.4) is 0 Å². The molecule has 0 atom stereocenters. The van der Waals surface area contributed by atoms with Crippen LogP contribution in [0.1, 0.15) is 28.1 Å². The number of nitrogens with zero attached hydrogens (tertiary/aromatic N) is 2. The average molecular weight is 411 g/mol. The number of alkyl halides is 2. The first-order chi connectivity index (χ1) is 13.0. The number of aromatic nitrogens is 2. The van der Waals surface area contributed by atoms with E-state index >= 15 is 0 Å². The van der Waals surface area contributed by atoms with Crippen molar-refractivity contribution in [2.75, 3.05) is 11.6 Å². The van der Waals surface area contributed by atoms with E-state index in [4.69, 9.17) is 4.42 Å². The van der Waals surface area contributed by atoms with Crippen LogP contribution in [-0.2, 0) is 16.9 Å². The van der Waals surface area contributed by atoms with Gasteiger partial charge in [-0.25, -0.2) is 22.2 Å². The monoisotopic (exact) mass is 411 g/mol. The van der Waals surface area contributed by atoms with Crippen molar-refractivity contribution in [1.29, 1.82) is 0 Å². The van der Waals surface area contributed by atoms with Gasteiger partial charge in [0, 0.05) is 24.6 Å². The summed E-state index contributed by atoms with van der Waals surface area (Å²) in [6.07, 6.45) is -1.00. The Morgan fingerprint density at radius 2 is 2.00 bits per heavy atom. The number of fused-ring (bicyclic) bond motifs is 1. The molecule has 0 unspecified atom stereocenters. The molecule has 28 heavy (non-hydrogen) atoms. The van der Waals surface area contributed by atoms with Crippen LogP contribution in [0.2, 0.25) is 0 Å². The second-order valence-electron chi connectivity index (χ2n) is 6.15. The highest BCUT2D eigenvalue weighted by Gasteiger charge is 2.24. The minimum absolute atomic E-state index is 0.0218. The molecule has 0 aliphatic rings. The Morgan fingerprint density at radius 3 is 2.61 bits per heavy atom. The fourth-order valence-corrected chi connectivity index (χ4v) is 3.68. The van der Waals surface area contributed by atoms with Crippen molar-refractivity contribution in [3.05, 3.63) is 51.8 Å². The van der Waals surface area contributed by atoms with E-state index in [2.05, 4.69) is 10.3 Å². The normalized spacial score (nSPS) is 11.9. The lowest BCUT2D eigenvalue weighted by molar-refractivity contribution is 0.102. The molecule has 3 aromatic rings. The van der Waals surface area contributed by atoms with Gasteiger partial charge in [-0.2, -0.15) is 0 Å². The molecule has 2 aromatic heterocycles. The number of benzene rings is 1. The number of rotatable bonds is 4. The average Bonchev–Trinajstić information content (AvgIpc) is 2.94. The first kappa shape index (κ1) is 19.7. The highest BCUT2D eigenvalue weighted by atomic mass is 32.2. The van der Waals surface area contributed by atoms with Gasteiger partial charge < -0.3 is 14.3 Å². The molecule has 0 fully saturated rings. The number of nitrogens with one attached hydrogen (secondary N) is 1. The van der Waals surface area contributed by atoms with E-state index in [9.17, 15) is 26.8 Å². The van der Waals surface area contributed by atoms with Gasteiger partial charge in [-0.15, -0.1) is 0 Å². The predicted molar refractivity (Wildman–Crippen MR) is 96.4 cm³/mol. The summed E-state index contributed by atoms with van der Waals surface area (Å²) in [7, 11) is -2.42. The number of carbonyl (C=O) groups excluding carboxylic acids is 1. The van der Waals surface area contributed by atoms with Crippen molar-refractivity contribution >= 4 is 32.5 Å². The maximum atomic E-state index is 13.3. The Bertz CT molecular complexity index is 1260. The van der Waals surface area contributed by atoms with Crippen LogP contribution in [0.4, 0.5) is 14.5 Å². The molecule has 0 radical (unpaired) electrons. The number of furan rings is 1. The van der Waals surface area contributed by atoms with Crippen LogP contribution in [0, 0.1) is 6.92 Å². The topological polar surface area (TPSA) is 111 Å². The smallest absolute Gasteiger partial charge is 0.265 e. The van der Waals surface area contributed by atoms with Gasteiger partial charge in [0.25, 0.3) is 17.9 Å². The lowest BCUT2D eigenvalue weighted by atomic mass is 10.1. The molecule has 1 N–H and O–H groups in total. The fourth-order valence-electron chi connectivity index (χ4n) is 2.79. The number of amides is 1. The zero-order chi connectivity index (χ0) is 20.8. The summed E-state index contributed by atoms with van der Waals surface area (Å²) in [6.45, 7) is 1.47. The maximum absolute atomic E-state index is 13.3. The summed E-state index contributed by atoms with van der Waals surface area (Å²) in [6, 6.07) is 3.06. The van der Waals surface area contributed by atoms with Crippen molar-refractivity contribution < 1.29 is 26.4 Å². The summed E-state index contributed by atoms with van der Waals surface area (Å²) >= 11 is 0. The highest BCUT2D eigenvalue weighted by molar-refractivity contribution is 7.90. The first-order valence-corrected chi connectivity index (χ1v) is 9.78. The van der Waals surface area contributed by atoms with Gasteiger partial charge in [-0.1, -0.05) is 0 Å². The van der Waals surface area contributed by atoms with E-state index in [-0.39, 0.29) is 28.1 Å². The number of halogens is 2. The van der Waals surface area contributed by atoms with Gasteiger partial charge in [0.15, 0.2) is 9.84 Å². The number of sulfone groups is 1. The zero-order valence-corrected chi connectivity index (χ0v) is 15.8. The summed E-state index contributed by atoms with van der Waals surface area (Å²) in [5, 5.41) is 2.35. The van der Waals surface area contributed by atoms with Gasteiger partial charge in [-0.05, 0) is 25.1 Å². The number of aryl methyl sites for hydroxylation is 2. The summed E-state index contributed by atoms with van der Waals surface area (Å²) < 4.78 is 56.4. The quantitative estimate of drug-likeness (QED) is 0.706. The maximum Gasteiger partial charge on any atom is 0.265 e. The van der Waals surface area contributed by atoms with Crippen LogP contribution in [0.15, 0.2) is 38.6 Å². The molecular formula is C17H15F2N3O5S. The van der Waals surface area contributed by atoms with E-state index in [1.165, 1.54) is 30.9 Å². The number of anilines is 1. The number of hydrogen-bond acceptors (Lipinski definition) is 6. The Balaban J connectivity index is 2.06. The van der Waals surface area contributed by atoms with Gasteiger partial charge >= 0.3 is 0 Å². The molecule has 8 nitrogen and oxygen atoms in total. The van der Waals surface area contributed by atoms with Crippen molar-refractivity contribution in [2.45, 2.75) is 18.2 Å². The van der Waals surface area contributed by atoms with Crippen molar-refractivity contribution in [3.8, 4) is 0 Å². The van der Waals surface area contributed by atoms with Gasteiger partial charge in [0.2, 0.25) is 5.71 Å². The third kappa shape index (κ3) is 3.40. The molecule has 1 aromatic carbocycles. The molecule has 0 aliphatic carbocycles. The van der Waals surface area contributed by atoms with Gasteiger partial charge in [0.1, 0.15) is 17.5 Å². The molecule has 0 saturated heterocycles. The fraction of sp³-hybridized carbons (Fsp3) is 0.235.